The van der Waals surface area contributed by atoms with Gasteiger partial charge in [0.25, 0.3) is 5.91 Å². The van der Waals surface area contributed by atoms with Gasteiger partial charge in [0.1, 0.15) is 12.6 Å². The number of carbonyl (C=O) groups excluding carboxylic acids is 2. The maximum Gasteiger partial charge on any atom is 0.326 e. The summed E-state index contributed by atoms with van der Waals surface area (Å²) in [5.74, 6) is -1.02. The van der Waals surface area contributed by atoms with Gasteiger partial charge >= 0.3 is 5.97 Å². The van der Waals surface area contributed by atoms with Crippen molar-refractivity contribution in [1.82, 2.24) is 5.32 Å². The van der Waals surface area contributed by atoms with Crippen molar-refractivity contribution in [3.63, 3.8) is 0 Å². The summed E-state index contributed by atoms with van der Waals surface area (Å²) < 4.78 is 5.25. The molecule has 0 aliphatic rings. The van der Waals surface area contributed by atoms with Crippen molar-refractivity contribution in [3.8, 4) is 6.07 Å². The Kier molecular flexibility index (Phi) is 5.17. The van der Waals surface area contributed by atoms with E-state index in [2.05, 4.69) is 26.0 Å². The molecule has 0 aliphatic carbocycles. The van der Waals surface area contributed by atoms with E-state index in [-0.39, 0.29) is 19.1 Å². The summed E-state index contributed by atoms with van der Waals surface area (Å²) >= 11 is 3.24. The summed E-state index contributed by atoms with van der Waals surface area (Å²) in [5.41, 5.74) is 0.437. The Morgan fingerprint density at radius 1 is 1.47 bits per heavy atom. The van der Waals surface area contributed by atoms with Crippen LogP contribution in [-0.4, -0.2) is 25.0 Å². The molecule has 1 amide bonds. The lowest BCUT2D eigenvalue weighted by atomic mass is 10.2. The van der Waals surface area contributed by atoms with E-state index in [9.17, 15) is 9.59 Å². The minimum atomic E-state index is -0.644. The fraction of sp³-hybridized carbons (Fsp3) is 0.182. The summed E-state index contributed by atoms with van der Waals surface area (Å²) in [6, 6.07) is 8.43. The largest absolute Gasteiger partial charge is 0.449 e. The van der Waals surface area contributed by atoms with Gasteiger partial charge in [-0.3, -0.25) is 9.59 Å². The molecule has 0 aromatic heterocycles. The van der Waals surface area contributed by atoms with Crippen molar-refractivity contribution < 1.29 is 14.3 Å². The maximum absolute atomic E-state index is 11.6. The van der Waals surface area contributed by atoms with Gasteiger partial charge in [0, 0.05) is 10.0 Å². The van der Waals surface area contributed by atoms with Crippen LogP contribution in [0.2, 0.25) is 0 Å². The van der Waals surface area contributed by atoms with Crippen LogP contribution in [0.5, 0.6) is 0 Å². The average Bonchev–Trinajstić information content (AvgIpc) is 2.33. The fourth-order valence-corrected chi connectivity index (χ4v) is 1.45. The van der Waals surface area contributed by atoms with Gasteiger partial charge in [0.15, 0.2) is 6.61 Å². The fourth-order valence-electron chi connectivity index (χ4n) is 1.05. The molecule has 17 heavy (non-hydrogen) atoms. The molecular formula is C11H9BrN2O3. The molecule has 0 saturated carbocycles. The van der Waals surface area contributed by atoms with Gasteiger partial charge in [-0.05, 0) is 18.2 Å². The van der Waals surface area contributed by atoms with Gasteiger partial charge in [-0.1, -0.05) is 22.0 Å². The number of carbonyl (C=O) groups is 2. The van der Waals surface area contributed by atoms with Crippen molar-refractivity contribution >= 4 is 27.8 Å². The molecule has 0 aliphatic heterocycles. The number of esters is 1. The second-order valence-corrected chi connectivity index (χ2v) is 3.93. The molecule has 0 spiro atoms. The minimum absolute atomic E-state index is 0.257. The van der Waals surface area contributed by atoms with Gasteiger partial charge in [-0.2, -0.15) is 5.26 Å². The first-order valence-electron chi connectivity index (χ1n) is 4.70. The molecule has 88 valence electrons. The van der Waals surface area contributed by atoms with E-state index in [1.807, 2.05) is 0 Å². The molecule has 0 unspecified atom stereocenters. The third-order valence-corrected chi connectivity index (χ3v) is 2.27. The van der Waals surface area contributed by atoms with Gasteiger partial charge in [-0.15, -0.1) is 0 Å². The Morgan fingerprint density at radius 2 is 2.24 bits per heavy atom. The van der Waals surface area contributed by atoms with E-state index in [1.54, 1.807) is 30.3 Å². The van der Waals surface area contributed by atoms with Crippen molar-refractivity contribution in [1.29, 1.82) is 5.26 Å². The van der Waals surface area contributed by atoms with Gasteiger partial charge in [0.05, 0.1) is 0 Å². The maximum atomic E-state index is 11.6. The molecule has 0 radical (unpaired) electrons. The molecule has 0 bridgehead atoms. The quantitative estimate of drug-likeness (QED) is 0.848. The first-order chi connectivity index (χ1) is 8.13. The van der Waals surface area contributed by atoms with Crippen LogP contribution in [-0.2, 0) is 9.53 Å². The van der Waals surface area contributed by atoms with Crippen LogP contribution in [0.4, 0.5) is 0 Å². The number of hydrogen-bond donors (Lipinski definition) is 1. The number of nitriles is 1. The highest BCUT2D eigenvalue weighted by Crippen LogP contribution is 2.11. The van der Waals surface area contributed by atoms with E-state index in [4.69, 9.17) is 5.26 Å². The zero-order chi connectivity index (χ0) is 12.7. The van der Waals surface area contributed by atoms with Gasteiger partial charge < -0.3 is 10.1 Å². The van der Waals surface area contributed by atoms with E-state index < -0.39 is 5.97 Å². The van der Waals surface area contributed by atoms with E-state index in [1.165, 1.54) is 0 Å². The Labute approximate surface area is 107 Å². The highest BCUT2D eigenvalue weighted by molar-refractivity contribution is 9.10. The highest BCUT2D eigenvalue weighted by atomic mass is 79.9. The molecule has 1 N–H and O–H groups in total. The molecule has 1 aromatic rings. The molecule has 5 nitrogen and oxygen atoms in total. The molecule has 0 saturated heterocycles. The summed E-state index contributed by atoms with van der Waals surface area (Å²) in [6.07, 6.45) is 0. The molecule has 0 fully saturated rings. The summed E-state index contributed by atoms with van der Waals surface area (Å²) in [5, 5.41) is 10.6. The molecular weight excluding hydrogens is 288 g/mol. The first kappa shape index (κ1) is 13.2. The molecule has 0 atom stereocenters. The Balaban J connectivity index is 2.45. The Morgan fingerprint density at radius 3 is 2.88 bits per heavy atom. The van der Waals surface area contributed by atoms with Crippen molar-refractivity contribution in [3.05, 3.63) is 34.3 Å². The zero-order valence-electron chi connectivity index (χ0n) is 8.77. The van der Waals surface area contributed by atoms with Crippen molar-refractivity contribution in [2.75, 3.05) is 13.2 Å². The third-order valence-electron chi connectivity index (χ3n) is 1.78. The molecule has 1 aromatic carbocycles. The first-order valence-corrected chi connectivity index (χ1v) is 5.49. The number of hydrogen-bond acceptors (Lipinski definition) is 4. The number of nitrogens with one attached hydrogen (secondary N) is 1. The highest BCUT2D eigenvalue weighted by Gasteiger charge is 2.08. The van der Waals surface area contributed by atoms with Crippen molar-refractivity contribution in [2.24, 2.45) is 0 Å². The lowest BCUT2D eigenvalue weighted by Crippen LogP contribution is -2.30. The average molecular weight is 297 g/mol. The number of nitrogens with zero attached hydrogens (tertiary/aromatic N) is 1. The monoisotopic (exact) mass is 296 g/mol. The predicted molar refractivity (Wildman–Crippen MR) is 63.0 cm³/mol. The summed E-state index contributed by atoms with van der Waals surface area (Å²) in [7, 11) is 0. The minimum Gasteiger partial charge on any atom is -0.449 e. The van der Waals surface area contributed by atoms with Crippen LogP contribution in [0, 0.1) is 11.3 Å². The SMILES string of the molecule is N#CCOC(=O)CNC(=O)c1cccc(Br)c1. The lowest BCUT2D eigenvalue weighted by Gasteiger charge is -2.04. The van der Waals surface area contributed by atoms with Crippen LogP contribution < -0.4 is 5.32 Å². The number of halogens is 1. The zero-order valence-corrected chi connectivity index (χ0v) is 10.4. The van der Waals surface area contributed by atoms with Gasteiger partial charge in [-0.25, -0.2) is 0 Å². The number of amides is 1. The number of benzene rings is 1. The normalized spacial score (nSPS) is 9.18. The molecule has 6 heteroatoms. The van der Waals surface area contributed by atoms with E-state index in [0.29, 0.717) is 5.56 Å². The smallest absolute Gasteiger partial charge is 0.326 e. The molecule has 0 heterocycles. The van der Waals surface area contributed by atoms with Crippen molar-refractivity contribution in [2.45, 2.75) is 0 Å². The Bertz CT molecular complexity index is 468. The van der Waals surface area contributed by atoms with E-state index >= 15 is 0 Å². The topological polar surface area (TPSA) is 79.2 Å². The van der Waals surface area contributed by atoms with Crippen LogP contribution in [0.1, 0.15) is 10.4 Å². The van der Waals surface area contributed by atoms with Crippen LogP contribution >= 0.6 is 15.9 Å². The van der Waals surface area contributed by atoms with Crippen LogP contribution in [0.25, 0.3) is 0 Å². The third kappa shape index (κ3) is 4.66. The predicted octanol–water partition coefficient (Wildman–Crippen LogP) is 1.25. The lowest BCUT2D eigenvalue weighted by molar-refractivity contribution is -0.140. The second-order valence-electron chi connectivity index (χ2n) is 3.01. The van der Waals surface area contributed by atoms with Crippen LogP contribution in [0.15, 0.2) is 28.7 Å². The van der Waals surface area contributed by atoms with E-state index in [0.717, 1.165) is 4.47 Å². The molecule has 1 rings (SSSR count). The van der Waals surface area contributed by atoms with Gasteiger partial charge in [0.2, 0.25) is 0 Å². The second kappa shape index (κ2) is 6.66. The summed E-state index contributed by atoms with van der Waals surface area (Å²) in [6.45, 7) is -0.571. The standard InChI is InChI=1S/C11H9BrN2O3/c12-9-3-1-2-8(6-9)11(16)14-7-10(15)17-5-4-13/h1-3,6H,5,7H2,(H,14,16). The summed E-state index contributed by atoms with van der Waals surface area (Å²) in [4.78, 5) is 22.6. The Hall–Kier alpha value is -1.87. The number of ether oxygens (including phenoxy) is 1. The number of rotatable bonds is 4. The van der Waals surface area contributed by atoms with Crippen LogP contribution in [0.3, 0.4) is 0 Å².